The van der Waals surface area contributed by atoms with Gasteiger partial charge in [-0.25, -0.2) is 0 Å². The highest BCUT2D eigenvalue weighted by atomic mass is 16.5. The van der Waals surface area contributed by atoms with Gasteiger partial charge in [0, 0.05) is 24.7 Å². The fourth-order valence-corrected chi connectivity index (χ4v) is 2.91. The summed E-state index contributed by atoms with van der Waals surface area (Å²) in [5, 5.41) is 0. The van der Waals surface area contributed by atoms with Gasteiger partial charge < -0.3 is 15.2 Å². The number of benzene rings is 1. The molecule has 0 saturated carbocycles. The fourth-order valence-electron chi connectivity index (χ4n) is 2.91. The number of nitrogens with two attached hydrogens (primary N) is 1. The van der Waals surface area contributed by atoms with E-state index in [9.17, 15) is 0 Å². The van der Waals surface area contributed by atoms with E-state index in [1.54, 1.807) is 14.2 Å². The molecule has 2 N–H and O–H groups in total. The minimum atomic E-state index is 0.574. The number of methoxy groups -OCH3 is 2. The highest BCUT2D eigenvalue weighted by Crippen LogP contribution is 2.33. The Balaban J connectivity index is 2.15. The zero-order chi connectivity index (χ0) is 13.8. The Hall–Kier alpha value is -1.26. The van der Waals surface area contributed by atoms with Crippen LogP contribution in [0.2, 0.25) is 0 Å². The zero-order valence-electron chi connectivity index (χ0n) is 12.1. The quantitative estimate of drug-likeness (QED) is 0.882. The van der Waals surface area contributed by atoms with Gasteiger partial charge in [-0.05, 0) is 31.9 Å². The summed E-state index contributed by atoms with van der Waals surface area (Å²) in [6.07, 6.45) is 1.18. The molecule has 0 radical (unpaired) electrons. The second-order valence-corrected chi connectivity index (χ2v) is 5.27. The lowest BCUT2D eigenvalue weighted by atomic mass is 10.1. The van der Waals surface area contributed by atoms with Crippen LogP contribution in [0.1, 0.15) is 18.9 Å². The van der Waals surface area contributed by atoms with Crippen molar-refractivity contribution in [2.24, 2.45) is 11.7 Å². The van der Waals surface area contributed by atoms with Gasteiger partial charge in [0.2, 0.25) is 0 Å². The van der Waals surface area contributed by atoms with E-state index in [2.05, 4.69) is 17.9 Å². The standard InChI is InChI=1S/C15H24N2O2/c1-11-7-12(8-16)9-17(11)10-13-5-4-6-14(18-2)15(13)19-3/h4-6,11-12H,7-10,16H2,1-3H3. The molecule has 1 aromatic carbocycles. The first kappa shape index (κ1) is 14.2. The largest absolute Gasteiger partial charge is 0.493 e. The maximum absolute atomic E-state index is 5.78. The van der Waals surface area contributed by atoms with Crippen molar-refractivity contribution in [3.05, 3.63) is 23.8 Å². The van der Waals surface area contributed by atoms with Gasteiger partial charge in [-0.2, -0.15) is 0 Å². The van der Waals surface area contributed by atoms with Crippen molar-refractivity contribution in [3.63, 3.8) is 0 Å². The summed E-state index contributed by atoms with van der Waals surface area (Å²) in [4.78, 5) is 2.47. The number of ether oxygens (including phenoxy) is 2. The molecule has 19 heavy (non-hydrogen) atoms. The molecule has 0 aliphatic carbocycles. The maximum Gasteiger partial charge on any atom is 0.165 e. The van der Waals surface area contributed by atoms with E-state index in [1.165, 1.54) is 12.0 Å². The van der Waals surface area contributed by atoms with Crippen LogP contribution in [0, 0.1) is 5.92 Å². The molecule has 1 aliphatic rings. The van der Waals surface area contributed by atoms with E-state index >= 15 is 0 Å². The highest BCUT2D eigenvalue weighted by molar-refractivity contribution is 5.46. The van der Waals surface area contributed by atoms with E-state index in [0.29, 0.717) is 12.0 Å². The van der Waals surface area contributed by atoms with Crippen LogP contribution in [0.3, 0.4) is 0 Å². The van der Waals surface area contributed by atoms with Crippen LogP contribution in [0.25, 0.3) is 0 Å². The highest BCUT2D eigenvalue weighted by Gasteiger charge is 2.28. The van der Waals surface area contributed by atoms with E-state index in [4.69, 9.17) is 15.2 Å². The number of rotatable bonds is 5. The molecule has 1 aromatic rings. The normalized spacial score (nSPS) is 23.6. The minimum Gasteiger partial charge on any atom is -0.493 e. The van der Waals surface area contributed by atoms with Crippen LogP contribution < -0.4 is 15.2 Å². The molecule has 0 spiro atoms. The van der Waals surface area contributed by atoms with Crippen molar-refractivity contribution in [3.8, 4) is 11.5 Å². The first-order chi connectivity index (χ1) is 9.19. The molecule has 1 saturated heterocycles. The Bertz CT molecular complexity index is 423. The Morgan fingerprint density at radius 3 is 2.68 bits per heavy atom. The third kappa shape index (κ3) is 3.01. The van der Waals surface area contributed by atoms with Crippen molar-refractivity contribution in [2.75, 3.05) is 27.3 Å². The molecule has 0 aromatic heterocycles. The predicted molar refractivity (Wildman–Crippen MR) is 76.6 cm³/mol. The summed E-state index contributed by atoms with van der Waals surface area (Å²) < 4.78 is 10.8. The summed E-state index contributed by atoms with van der Waals surface area (Å²) in [7, 11) is 3.36. The first-order valence-electron chi connectivity index (χ1n) is 6.83. The number of nitrogens with zero attached hydrogens (tertiary/aromatic N) is 1. The topological polar surface area (TPSA) is 47.7 Å². The number of likely N-dealkylation sites (tertiary alicyclic amines) is 1. The smallest absolute Gasteiger partial charge is 0.165 e. The lowest BCUT2D eigenvalue weighted by Crippen LogP contribution is -2.27. The van der Waals surface area contributed by atoms with Crippen molar-refractivity contribution < 1.29 is 9.47 Å². The Labute approximate surface area is 115 Å². The molecule has 2 rings (SSSR count). The van der Waals surface area contributed by atoms with E-state index in [0.717, 1.165) is 31.1 Å². The summed E-state index contributed by atoms with van der Waals surface area (Å²) in [5.74, 6) is 2.25. The number of hydrogen-bond acceptors (Lipinski definition) is 4. The predicted octanol–water partition coefficient (Wildman–Crippen LogP) is 1.87. The van der Waals surface area contributed by atoms with Gasteiger partial charge in [-0.1, -0.05) is 12.1 Å². The molecule has 1 heterocycles. The zero-order valence-corrected chi connectivity index (χ0v) is 12.1. The van der Waals surface area contributed by atoms with Gasteiger partial charge >= 0.3 is 0 Å². The first-order valence-corrected chi connectivity index (χ1v) is 6.83. The van der Waals surface area contributed by atoms with Crippen molar-refractivity contribution in [1.82, 2.24) is 4.90 Å². The molecule has 2 atom stereocenters. The van der Waals surface area contributed by atoms with Gasteiger partial charge in [-0.3, -0.25) is 4.90 Å². The third-order valence-corrected chi connectivity index (χ3v) is 3.98. The summed E-state index contributed by atoms with van der Waals surface area (Å²) in [6, 6.07) is 6.62. The van der Waals surface area contributed by atoms with Gasteiger partial charge in [-0.15, -0.1) is 0 Å². The molecular formula is C15H24N2O2. The second kappa shape index (κ2) is 6.26. The van der Waals surface area contributed by atoms with E-state index in [1.807, 2.05) is 12.1 Å². The van der Waals surface area contributed by atoms with Crippen molar-refractivity contribution >= 4 is 0 Å². The molecule has 4 nitrogen and oxygen atoms in total. The lowest BCUT2D eigenvalue weighted by molar-refractivity contribution is 0.250. The molecule has 2 unspecified atom stereocenters. The summed E-state index contributed by atoms with van der Waals surface area (Å²) >= 11 is 0. The van der Waals surface area contributed by atoms with E-state index in [-0.39, 0.29) is 0 Å². The van der Waals surface area contributed by atoms with Gasteiger partial charge in [0.1, 0.15) is 0 Å². The van der Waals surface area contributed by atoms with Crippen LogP contribution in [0.4, 0.5) is 0 Å². The van der Waals surface area contributed by atoms with Gasteiger partial charge in [0.15, 0.2) is 11.5 Å². The maximum atomic E-state index is 5.78. The molecular weight excluding hydrogens is 240 g/mol. The summed E-state index contributed by atoms with van der Waals surface area (Å²) in [6.45, 7) is 4.99. The average Bonchev–Trinajstić information content (AvgIpc) is 2.79. The summed E-state index contributed by atoms with van der Waals surface area (Å²) in [5.41, 5.74) is 6.95. The molecule has 0 bridgehead atoms. The third-order valence-electron chi connectivity index (χ3n) is 3.98. The van der Waals surface area contributed by atoms with Crippen LogP contribution in [-0.2, 0) is 6.54 Å². The van der Waals surface area contributed by atoms with Crippen LogP contribution >= 0.6 is 0 Å². The lowest BCUT2D eigenvalue weighted by Gasteiger charge is -2.23. The minimum absolute atomic E-state index is 0.574. The van der Waals surface area contributed by atoms with Crippen LogP contribution in [0.15, 0.2) is 18.2 Å². The molecule has 0 amide bonds. The molecule has 106 valence electrons. The average molecular weight is 264 g/mol. The van der Waals surface area contributed by atoms with E-state index < -0.39 is 0 Å². The van der Waals surface area contributed by atoms with Gasteiger partial charge in [0.05, 0.1) is 14.2 Å². The number of hydrogen-bond donors (Lipinski definition) is 1. The fraction of sp³-hybridized carbons (Fsp3) is 0.600. The Morgan fingerprint density at radius 1 is 1.32 bits per heavy atom. The monoisotopic (exact) mass is 264 g/mol. The number of para-hydroxylation sites is 1. The second-order valence-electron chi connectivity index (χ2n) is 5.27. The molecule has 1 fully saturated rings. The Morgan fingerprint density at radius 2 is 2.11 bits per heavy atom. The Kier molecular flexibility index (Phi) is 4.66. The SMILES string of the molecule is COc1cccc(CN2CC(CN)CC2C)c1OC. The van der Waals surface area contributed by atoms with Crippen LogP contribution in [0.5, 0.6) is 11.5 Å². The van der Waals surface area contributed by atoms with Gasteiger partial charge in [0.25, 0.3) is 0 Å². The van der Waals surface area contributed by atoms with Crippen molar-refractivity contribution in [2.45, 2.75) is 25.9 Å². The van der Waals surface area contributed by atoms with Crippen molar-refractivity contribution in [1.29, 1.82) is 0 Å². The molecule has 1 aliphatic heterocycles. The van der Waals surface area contributed by atoms with Crippen LogP contribution in [-0.4, -0.2) is 38.3 Å². The molecule has 4 heteroatoms.